The number of hydrogen-bond acceptors (Lipinski definition) is 4. The molecule has 3 rings (SSSR count). The molecule has 2 unspecified atom stereocenters. The second-order valence-electron chi connectivity index (χ2n) is 5.82. The third-order valence-corrected chi connectivity index (χ3v) is 4.09. The highest BCUT2D eigenvalue weighted by Gasteiger charge is 2.33. The summed E-state index contributed by atoms with van der Waals surface area (Å²) >= 11 is 0. The highest BCUT2D eigenvalue weighted by molar-refractivity contribution is 5.80. The van der Waals surface area contributed by atoms with E-state index in [2.05, 4.69) is 10.9 Å². The van der Waals surface area contributed by atoms with Crippen molar-refractivity contribution in [3.05, 3.63) is 71.8 Å². The molecule has 0 saturated carbocycles. The number of amides is 1. The number of carbonyl (C=O) groups is 1. The number of nitrogens with one attached hydrogen (secondary N) is 2. The van der Waals surface area contributed by atoms with Crippen LogP contribution in [0, 0.1) is 5.92 Å². The van der Waals surface area contributed by atoms with E-state index in [1.165, 1.54) is 0 Å². The van der Waals surface area contributed by atoms with Crippen LogP contribution >= 0.6 is 0 Å². The molecule has 1 fully saturated rings. The molecule has 0 bridgehead atoms. The zero-order chi connectivity index (χ0) is 16.1. The van der Waals surface area contributed by atoms with E-state index in [4.69, 9.17) is 5.73 Å². The molecule has 1 amide bonds. The Balaban J connectivity index is 1.79. The van der Waals surface area contributed by atoms with Gasteiger partial charge in [-0.05, 0) is 11.1 Å². The Labute approximate surface area is 136 Å². The largest absolute Gasteiger partial charge is 0.334 e. The van der Waals surface area contributed by atoms with Gasteiger partial charge in [0.05, 0.1) is 12.1 Å². The summed E-state index contributed by atoms with van der Waals surface area (Å²) in [4.78, 5) is 14.8. The predicted molar refractivity (Wildman–Crippen MR) is 89.7 cm³/mol. The van der Waals surface area contributed by atoms with Gasteiger partial charge in [0.2, 0.25) is 5.91 Å². The number of hydrazine groups is 1. The molecule has 0 aliphatic carbocycles. The molecule has 5 nitrogen and oxygen atoms in total. The number of nitrogens with zero attached hydrogens (tertiary/aromatic N) is 1. The lowest BCUT2D eigenvalue weighted by Gasteiger charge is -2.27. The molecule has 120 valence electrons. The van der Waals surface area contributed by atoms with Crippen LogP contribution in [0.25, 0.3) is 0 Å². The molecule has 5 heteroatoms. The van der Waals surface area contributed by atoms with Crippen LogP contribution in [0.15, 0.2) is 60.7 Å². The van der Waals surface area contributed by atoms with E-state index in [0.29, 0.717) is 19.6 Å². The zero-order valence-corrected chi connectivity index (χ0v) is 13.0. The lowest BCUT2D eigenvalue weighted by Crippen LogP contribution is -2.46. The fourth-order valence-electron chi connectivity index (χ4n) is 2.81. The van der Waals surface area contributed by atoms with Gasteiger partial charge in [0.15, 0.2) is 0 Å². The molecule has 1 heterocycles. The van der Waals surface area contributed by atoms with E-state index in [0.717, 1.165) is 11.1 Å². The number of nitrogens with two attached hydrogens (primary N) is 1. The normalized spacial score (nSPS) is 20.4. The predicted octanol–water partition coefficient (Wildman–Crippen LogP) is 1.22. The summed E-state index contributed by atoms with van der Waals surface area (Å²) in [6.07, 6.45) is -0.350. The van der Waals surface area contributed by atoms with Crippen molar-refractivity contribution in [3.63, 3.8) is 0 Å². The fourth-order valence-corrected chi connectivity index (χ4v) is 2.81. The van der Waals surface area contributed by atoms with Crippen molar-refractivity contribution in [1.82, 2.24) is 15.8 Å². The van der Waals surface area contributed by atoms with Gasteiger partial charge in [0.1, 0.15) is 0 Å². The van der Waals surface area contributed by atoms with Crippen LogP contribution < -0.4 is 16.6 Å². The Morgan fingerprint density at radius 1 is 1.00 bits per heavy atom. The van der Waals surface area contributed by atoms with Gasteiger partial charge < -0.3 is 10.6 Å². The molecular formula is C18H22N4O. The van der Waals surface area contributed by atoms with Gasteiger partial charge in [-0.3, -0.25) is 10.2 Å². The molecule has 0 aromatic heterocycles. The first kappa shape index (κ1) is 15.7. The van der Waals surface area contributed by atoms with Crippen LogP contribution in [0.4, 0.5) is 0 Å². The van der Waals surface area contributed by atoms with Gasteiger partial charge in [0.25, 0.3) is 0 Å². The van der Waals surface area contributed by atoms with Gasteiger partial charge in [-0.25, -0.2) is 5.43 Å². The lowest BCUT2D eigenvalue weighted by atomic mass is 10.0. The van der Waals surface area contributed by atoms with Crippen molar-refractivity contribution in [2.75, 3.05) is 6.54 Å². The van der Waals surface area contributed by atoms with Crippen LogP contribution in [0.5, 0.6) is 0 Å². The highest BCUT2D eigenvalue weighted by Crippen LogP contribution is 2.16. The van der Waals surface area contributed by atoms with Crippen LogP contribution in [-0.2, 0) is 17.9 Å². The smallest absolute Gasteiger partial charge is 0.230 e. The number of benzene rings is 2. The summed E-state index contributed by atoms with van der Waals surface area (Å²) in [5.41, 5.74) is 14.1. The second-order valence-corrected chi connectivity index (χ2v) is 5.82. The number of carbonyl (C=O) groups excluding carboxylic acids is 1. The van der Waals surface area contributed by atoms with Gasteiger partial charge in [-0.2, -0.15) is 0 Å². The maximum absolute atomic E-state index is 12.9. The average Bonchev–Trinajstić information content (AvgIpc) is 3.01. The van der Waals surface area contributed by atoms with Crippen LogP contribution in [0.2, 0.25) is 0 Å². The summed E-state index contributed by atoms with van der Waals surface area (Å²) in [5.74, 6) is -0.176. The van der Waals surface area contributed by atoms with E-state index in [1.54, 1.807) is 0 Å². The molecule has 0 spiro atoms. The van der Waals surface area contributed by atoms with E-state index >= 15 is 0 Å². The second kappa shape index (κ2) is 7.37. The molecule has 2 aromatic carbocycles. The SMILES string of the molecule is NC1NNCC1C(=O)N(Cc1ccccc1)Cc1ccccc1. The Hall–Kier alpha value is -2.21. The molecule has 1 saturated heterocycles. The Bertz CT molecular complexity index is 590. The molecule has 1 aliphatic rings. The minimum atomic E-state index is -0.350. The van der Waals surface area contributed by atoms with E-state index < -0.39 is 0 Å². The molecule has 1 aliphatic heterocycles. The summed E-state index contributed by atoms with van der Waals surface area (Å²) in [6, 6.07) is 20.1. The maximum atomic E-state index is 12.9. The van der Waals surface area contributed by atoms with Gasteiger partial charge >= 0.3 is 0 Å². The van der Waals surface area contributed by atoms with Crippen molar-refractivity contribution in [1.29, 1.82) is 0 Å². The maximum Gasteiger partial charge on any atom is 0.230 e. The van der Waals surface area contributed by atoms with Gasteiger partial charge in [-0.15, -0.1) is 0 Å². The van der Waals surface area contributed by atoms with Crippen LogP contribution in [0.3, 0.4) is 0 Å². The van der Waals surface area contributed by atoms with E-state index in [-0.39, 0.29) is 18.0 Å². The standard InChI is InChI=1S/C18H22N4O/c19-17-16(11-20-21-17)18(23)22(12-14-7-3-1-4-8-14)13-15-9-5-2-6-10-15/h1-10,16-17,20-21H,11-13,19H2. The molecule has 2 atom stereocenters. The Morgan fingerprint density at radius 2 is 1.52 bits per heavy atom. The zero-order valence-electron chi connectivity index (χ0n) is 13.0. The van der Waals surface area contributed by atoms with E-state index in [9.17, 15) is 4.79 Å². The molecule has 0 radical (unpaired) electrons. The molecule has 23 heavy (non-hydrogen) atoms. The first-order valence-electron chi connectivity index (χ1n) is 7.84. The molecule has 4 N–H and O–H groups in total. The van der Waals surface area contributed by atoms with Crippen molar-refractivity contribution in [2.45, 2.75) is 19.3 Å². The van der Waals surface area contributed by atoms with Crippen molar-refractivity contribution >= 4 is 5.91 Å². The minimum absolute atomic E-state index is 0.0720. The monoisotopic (exact) mass is 310 g/mol. The fraction of sp³-hybridized carbons (Fsp3) is 0.278. The Kier molecular flexibility index (Phi) is 5.02. The first-order valence-corrected chi connectivity index (χ1v) is 7.84. The van der Waals surface area contributed by atoms with E-state index in [1.807, 2.05) is 65.6 Å². The van der Waals surface area contributed by atoms with Crippen molar-refractivity contribution in [3.8, 4) is 0 Å². The van der Waals surface area contributed by atoms with Crippen LogP contribution in [-0.4, -0.2) is 23.5 Å². The topological polar surface area (TPSA) is 70.4 Å². The van der Waals surface area contributed by atoms with Gasteiger partial charge in [0, 0.05) is 19.6 Å². The summed E-state index contributed by atoms with van der Waals surface area (Å²) in [7, 11) is 0. The summed E-state index contributed by atoms with van der Waals surface area (Å²) in [5, 5.41) is 0. The third-order valence-electron chi connectivity index (χ3n) is 4.09. The number of rotatable bonds is 5. The lowest BCUT2D eigenvalue weighted by molar-refractivity contribution is -0.136. The number of hydrogen-bond donors (Lipinski definition) is 3. The van der Waals surface area contributed by atoms with Crippen molar-refractivity contribution < 1.29 is 4.79 Å². The highest BCUT2D eigenvalue weighted by atomic mass is 16.2. The third kappa shape index (κ3) is 3.96. The molecule has 2 aromatic rings. The summed E-state index contributed by atoms with van der Waals surface area (Å²) < 4.78 is 0. The average molecular weight is 310 g/mol. The first-order chi connectivity index (χ1) is 11.2. The van der Waals surface area contributed by atoms with Crippen LogP contribution in [0.1, 0.15) is 11.1 Å². The minimum Gasteiger partial charge on any atom is -0.334 e. The Morgan fingerprint density at radius 3 is 1.96 bits per heavy atom. The molecular weight excluding hydrogens is 288 g/mol. The van der Waals surface area contributed by atoms with Gasteiger partial charge in [-0.1, -0.05) is 60.7 Å². The quantitative estimate of drug-likeness (QED) is 0.777. The van der Waals surface area contributed by atoms with Crippen molar-refractivity contribution in [2.24, 2.45) is 11.7 Å². The summed E-state index contributed by atoms with van der Waals surface area (Å²) in [6.45, 7) is 1.72.